The van der Waals surface area contributed by atoms with E-state index >= 15 is 0 Å². The molecule has 2 bridgehead atoms. The first-order valence-corrected chi connectivity index (χ1v) is 6.39. The number of rotatable bonds is 1. The van der Waals surface area contributed by atoms with Crippen molar-refractivity contribution in [3.05, 3.63) is 35.9 Å². The Morgan fingerprint density at radius 2 is 1.71 bits per heavy atom. The Labute approximate surface area is 101 Å². The minimum Gasteiger partial charge on any atom is -0.299 e. The van der Waals surface area contributed by atoms with Gasteiger partial charge in [-0.2, -0.15) is 0 Å². The van der Waals surface area contributed by atoms with E-state index in [0.717, 1.165) is 24.8 Å². The zero-order chi connectivity index (χ0) is 11.8. The highest BCUT2D eigenvalue weighted by molar-refractivity contribution is 6.06. The molecule has 0 aromatic heterocycles. The van der Waals surface area contributed by atoms with Crippen LogP contribution in [-0.4, -0.2) is 11.6 Å². The molecule has 3 rings (SSSR count). The summed E-state index contributed by atoms with van der Waals surface area (Å²) in [7, 11) is 0. The molecule has 2 saturated carbocycles. The third-order valence-electron chi connectivity index (χ3n) is 4.24. The summed E-state index contributed by atoms with van der Waals surface area (Å²) in [5.41, 5.74) is 1.15. The van der Waals surface area contributed by atoms with Crippen LogP contribution in [0.2, 0.25) is 0 Å². The van der Waals surface area contributed by atoms with Gasteiger partial charge in [0, 0.05) is 18.3 Å². The Morgan fingerprint density at radius 3 is 2.47 bits per heavy atom. The van der Waals surface area contributed by atoms with Gasteiger partial charge in [-0.1, -0.05) is 36.8 Å². The van der Waals surface area contributed by atoms with Gasteiger partial charge in [-0.05, 0) is 18.4 Å². The maximum atomic E-state index is 12.2. The smallest absolute Gasteiger partial charge is 0.147 e. The summed E-state index contributed by atoms with van der Waals surface area (Å²) < 4.78 is 0. The summed E-state index contributed by atoms with van der Waals surface area (Å²) in [6.07, 6.45) is 3.33. The van der Waals surface area contributed by atoms with Crippen molar-refractivity contribution in [1.29, 1.82) is 0 Å². The fourth-order valence-corrected chi connectivity index (χ4v) is 3.36. The number of carbonyl (C=O) groups excluding carboxylic acids is 2. The largest absolute Gasteiger partial charge is 0.299 e. The first kappa shape index (κ1) is 10.7. The molecule has 0 aliphatic heterocycles. The van der Waals surface area contributed by atoms with E-state index in [2.05, 4.69) is 0 Å². The Morgan fingerprint density at radius 1 is 0.941 bits per heavy atom. The van der Waals surface area contributed by atoms with E-state index < -0.39 is 0 Å². The van der Waals surface area contributed by atoms with Crippen molar-refractivity contribution >= 4 is 11.6 Å². The quantitative estimate of drug-likeness (QED) is 0.692. The number of fused-ring (bicyclic) bond motifs is 2. The minimum atomic E-state index is -0.270. The molecule has 3 atom stereocenters. The topological polar surface area (TPSA) is 34.1 Å². The Hall–Kier alpha value is -1.44. The molecular formula is C15H16O2. The van der Waals surface area contributed by atoms with Gasteiger partial charge in [0.25, 0.3) is 0 Å². The van der Waals surface area contributed by atoms with Crippen molar-refractivity contribution in [3.8, 4) is 0 Å². The lowest BCUT2D eigenvalue weighted by molar-refractivity contribution is -0.142. The van der Waals surface area contributed by atoms with Crippen LogP contribution in [0.25, 0.3) is 0 Å². The predicted octanol–water partition coefficient (Wildman–Crippen LogP) is 2.73. The van der Waals surface area contributed by atoms with Crippen molar-refractivity contribution in [3.63, 3.8) is 0 Å². The maximum Gasteiger partial charge on any atom is 0.147 e. The molecule has 0 amide bonds. The monoisotopic (exact) mass is 228 g/mol. The second-order valence-electron chi connectivity index (χ2n) is 5.18. The molecule has 0 spiro atoms. The van der Waals surface area contributed by atoms with E-state index in [-0.39, 0.29) is 29.3 Å². The number of hydrogen-bond donors (Lipinski definition) is 0. The third-order valence-corrected chi connectivity index (χ3v) is 4.24. The third kappa shape index (κ3) is 1.72. The van der Waals surface area contributed by atoms with E-state index in [9.17, 15) is 9.59 Å². The second-order valence-corrected chi connectivity index (χ2v) is 5.18. The molecule has 0 radical (unpaired) electrons. The Kier molecular flexibility index (Phi) is 2.58. The van der Waals surface area contributed by atoms with Gasteiger partial charge in [-0.3, -0.25) is 9.59 Å². The summed E-state index contributed by atoms with van der Waals surface area (Å²) in [5, 5.41) is 0. The van der Waals surface area contributed by atoms with E-state index in [0.29, 0.717) is 6.42 Å². The highest BCUT2D eigenvalue weighted by atomic mass is 16.2. The van der Waals surface area contributed by atoms with Crippen molar-refractivity contribution in [2.75, 3.05) is 0 Å². The molecule has 1 aromatic carbocycles. The standard InChI is InChI=1S/C15H16O2/c16-14-9-13(10-5-2-1-3-6-10)11-7-4-8-12(14)15(11)17/h1-3,5-6,11-13H,4,7-9H2/t11-,12+,13+/m0/s1. The summed E-state index contributed by atoms with van der Waals surface area (Å²) in [4.78, 5) is 24.2. The first-order valence-electron chi connectivity index (χ1n) is 6.39. The molecule has 0 N–H and O–H groups in total. The number of benzene rings is 1. The molecule has 2 heteroatoms. The molecule has 88 valence electrons. The van der Waals surface area contributed by atoms with Gasteiger partial charge in [0.1, 0.15) is 11.6 Å². The van der Waals surface area contributed by atoms with Crippen LogP contribution in [0, 0.1) is 11.8 Å². The van der Waals surface area contributed by atoms with E-state index in [1.807, 2.05) is 30.3 Å². The molecule has 1 aromatic rings. The molecule has 2 aliphatic carbocycles. The molecule has 2 fully saturated rings. The molecule has 2 nitrogen and oxygen atoms in total. The molecule has 17 heavy (non-hydrogen) atoms. The molecule has 0 unspecified atom stereocenters. The summed E-state index contributed by atoms with van der Waals surface area (Å²) in [6, 6.07) is 10.0. The average Bonchev–Trinajstić information content (AvgIpc) is 2.35. The van der Waals surface area contributed by atoms with Crippen molar-refractivity contribution < 1.29 is 9.59 Å². The Bertz CT molecular complexity index is 449. The van der Waals surface area contributed by atoms with Gasteiger partial charge in [0.15, 0.2) is 0 Å². The van der Waals surface area contributed by atoms with E-state index in [4.69, 9.17) is 0 Å². The number of ketones is 2. The zero-order valence-corrected chi connectivity index (χ0v) is 9.76. The highest BCUT2D eigenvalue weighted by Gasteiger charge is 2.45. The van der Waals surface area contributed by atoms with Gasteiger partial charge >= 0.3 is 0 Å². The van der Waals surface area contributed by atoms with Crippen LogP contribution in [0.5, 0.6) is 0 Å². The van der Waals surface area contributed by atoms with Gasteiger partial charge in [0.05, 0.1) is 5.92 Å². The minimum absolute atomic E-state index is 0.0915. The number of Topliss-reactive ketones (excluding diaryl/α,β-unsaturated/α-hetero) is 2. The van der Waals surface area contributed by atoms with Crippen molar-refractivity contribution in [2.24, 2.45) is 11.8 Å². The number of hydrogen-bond acceptors (Lipinski definition) is 2. The van der Waals surface area contributed by atoms with Gasteiger partial charge in [0.2, 0.25) is 0 Å². The summed E-state index contributed by atoms with van der Waals surface area (Å²) in [5.74, 6) is 0.330. The van der Waals surface area contributed by atoms with Gasteiger partial charge < -0.3 is 0 Å². The molecular weight excluding hydrogens is 212 g/mol. The second kappa shape index (κ2) is 4.10. The lowest BCUT2D eigenvalue weighted by atomic mass is 9.63. The SMILES string of the molecule is O=C1C[C@H](c2ccccc2)[C@@H]2CCC[C@H]1C2=O. The van der Waals surface area contributed by atoms with E-state index in [1.165, 1.54) is 0 Å². The molecule has 0 heterocycles. The van der Waals surface area contributed by atoms with Crippen LogP contribution in [0.4, 0.5) is 0 Å². The lowest BCUT2D eigenvalue weighted by Crippen LogP contribution is -2.42. The highest BCUT2D eigenvalue weighted by Crippen LogP contribution is 2.43. The maximum absolute atomic E-state index is 12.2. The summed E-state index contributed by atoms with van der Waals surface area (Å²) >= 11 is 0. The normalized spacial score (nSPS) is 32.6. The van der Waals surface area contributed by atoms with Crippen molar-refractivity contribution in [2.45, 2.75) is 31.6 Å². The van der Waals surface area contributed by atoms with Gasteiger partial charge in [-0.15, -0.1) is 0 Å². The zero-order valence-electron chi connectivity index (χ0n) is 9.76. The van der Waals surface area contributed by atoms with Crippen molar-refractivity contribution in [1.82, 2.24) is 0 Å². The van der Waals surface area contributed by atoms with Crippen LogP contribution >= 0.6 is 0 Å². The van der Waals surface area contributed by atoms with Crippen LogP contribution < -0.4 is 0 Å². The molecule has 0 saturated heterocycles. The fourth-order valence-electron chi connectivity index (χ4n) is 3.36. The lowest BCUT2D eigenvalue weighted by Gasteiger charge is -2.38. The van der Waals surface area contributed by atoms with Crippen LogP contribution in [0.3, 0.4) is 0 Å². The van der Waals surface area contributed by atoms with Crippen LogP contribution in [0.15, 0.2) is 30.3 Å². The number of carbonyl (C=O) groups is 2. The predicted molar refractivity (Wildman–Crippen MR) is 64.6 cm³/mol. The first-order chi connectivity index (χ1) is 8.27. The van der Waals surface area contributed by atoms with Crippen LogP contribution in [-0.2, 0) is 9.59 Å². The average molecular weight is 228 g/mol. The Balaban J connectivity index is 1.96. The van der Waals surface area contributed by atoms with E-state index in [1.54, 1.807) is 0 Å². The molecule has 2 aliphatic rings. The van der Waals surface area contributed by atoms with Gasteiger partial charge in [-0.25, -0.2) is 0 Å². The summed E-state index contributed by atoms with van der Waals surface area (Å²) in [6.45, 7) is 0. The van der Waals surface area contributed by atoms with Crippen LogP contribution in [0.1, 0.15) is 37.2 Å². The fraction of sp³-hybridized carbons (Fsp3) is 0.467.